The van der Waals surface area contributed by atoms with Crippen LogP contribution in [0.3, 0.4) is 0 Å². The minimum Gasteiger partial charge on any atom is -0.444 e. The van der Waals surface area contributed by atoms with Crippen LogP contribution in [0.15, 0.2) is 12.7 Å². The molecule has 7 heteroatoms. The largest absolute Gasteiger partial charge is 0.444 e. The number of carbonyl (C=O) groups excluding carboxylic acids is 3. The number of ether oxygens (including phenoxy) is 1. The van der Waals surface area contributed by atoms with Crippen LogP contribution in [0.5, 0.6) is 0 Å². The third-order valence-corrected chi connectivity index (χ3v) is 2.81. The Kier molecular flexibility index (Phi) is 5.75. The lowest BCUT2D eigenvalue weighted by molar-refractivity contribution is -0.130. The Morgan fingerprint density at radius 2 is 1.86 bits per heavy atom. The van der Waals surface area contributed by atoms with Crippen molar-refractivity contribution in [2.45, 2.75) is 32.8 Å². The molecule has 0 spiro atoms. The molecular formula is C14H23N3O4. The van der Waals surface area contributed by atoms with Gasteiger partial charge in [0.2, 0.25) is 11.8 Å². The molecule has 0 aromatic carbocycles. The molecule has 3 amide bonds. The fourth-order valence-corrected chi connectivity index (χ4v) is 1.79. The molecule has 1 N–H and O–H groups in total. The van der Waals surface area contributed by atoms with E-state index in [9.17, 15) is 14.4 Å². The van der Waals surface area contributed by atoms with Gasteiger partial charge in [0.05, 0.1) is 6.67 Å². The van der Waals surface area contributed by atoms with Crippen molar-refractivity contribution in [3.8, 4) is 0 Å². The van der Waals surface area contributed by atoms with E-state index in [1.54, 1.807) is 25.7 Å². The van der Waals surface area contributed by atoms with E-state index < -0.39 is 11.7 Å². The summed E-state index contributed by atoms with van der Waals surface area (Å²) in [6, 6.07) is 0. The second kappa shape index (κ2) is 7.10. The van der Waals surface area contributed by atoms with Crippen LogP contribution in [0, 0.1) is 0 Å². The quantitative estimate of drug-likeness (QED) is 0.775. The molecule has 21 heavy (non-hydrogen) atoms. The minimum absolute atomic E-state index is 0.106. The molecule has 0 aromatic rings. The molecule has 7 nitrogen and oxygen atoms in total. The van der Waals surface area contributed by atoms with Gasteiger partial charge in [-0.05, 0) is 26.8 Å². The van der Waals surface area contributed by atoms with Crippen molar-refractivity contribution in [3.63, 3.8) is 0 Å². The minimum atomic E-state index is -0.552. The van der Waals surface area contributed by atoms with E-state index >= 15 is 0 Å². The first-order valence-corrected chi connectivity index (χ1v) is 6.89. The molecule has 1 rings (SSSR count). The molecule has 0 bridgehead atoms. The van der Waals surface area contributed by atoms with Gasteiger partial charge in [-0.1, -0.05) is 6.58 Å². The topological polar surface area (TPSA) is 79.0 Å². The summed E-state index contributed by atoms with van der Waals surface area (Å²) in [5, 5.41) is 2.54. The van der Waals surface area contributed by atoms with E-state index in [4.69, 9.17) is 4.74 Å². The van der Waals surface area contributed by atoms with Gasteiger partial charge >= 0.3 is 6.09 Å². The summed E-state index contributed by atoms with van der Waals surface area (Å²) in [4.78, 5) is 37.8. The van der Waals surface area contributed by atoms with Gasteiger partial charge in [-0.25, -0.2) is 4.79 Å². The van der Waals surface area contributed by atoms with E-state index in [0.717, 1.165) is 6.08 Å². The average molecular weight is 297 g/mol. The van der Waals surface area contributed by atoms with Crippen LogP contribution < -0.4 is 5.32 Å². The van der Waals surface area contributed by atoms with Gasteiger partial charge in [0, 0.05) is 26.1 Å². The normalized spacial score (nSPS) is 14.8. The molecule has 1 saturated heterocycles. The van der Waals surface area contributed by atoms with Crippen molar-refractivity contribution < 1.29 is 19.1 Å². The standard InChI is InChI=1S/C14H23N3O4/c1-5-11(18)15-7-6-12(19)16-8-9-17(10-16)13(20)21-14(2,3)4/h5H,1,6-10H2,2-4H3,(H,15,18). The van der Waals surface area contributed by atoms with Gasteiger partial charge in [0.25, 0.3) is 0 Å². The average Bonchev–Trinajstić information content (AvgIpc) is 2.86. The lowest BCUT2D eigenvalue weighted by atomic mass is 10.2. The molecule has 1 aliphatic heterocycles. The highest BCUT2D eigenvalue weighted by molar-refractivity contribution is 5.87. The van der Waals surface area contributed by atoms with E-state index in [2.05, 4.69) is 11.9 Å². The first-order valence-electron chi connectivity index (χ1n) is 6.89. The number of hydrogen-bond donors (Lipinski definition) is 1. The predicted octanol–water partition coefficient (Wildman–Crippen LogP) is 0.715. The molecule has 0 saturated carbocycles. The van der Waals surface area contributed by atoms with Crippen molar-refractivity contribution in [1.29, 1.82) is 0 Å². The summed E-state index contributed by atoms with van der Waals surface area (Å²) in [7, 11) is 0. The van der Waals surface area contributed by atoms with Gasteiger partial charge in [-0.15, -0.1) is 0 Å². The van der Waals surface area contributed by atoms with Gasteiger partial charge < -0.3 is 15.0 Å². The van der Waals surface area contributed by atoms with Crippen molar-refractivity contribution in [2.75, 3.05) is 26.3 Å². The number of rotatable bonds is 4. The predicted molar refractivity (Wildman–Crippen MR) is 77.3 cm³/mol. The van der Waals surface area contributed by atoms with Gasteiger partial charge in [0.15, 0.2) is 0 Å². The molecule has 1 heterocycles. The maximum absolute atomic E-state index is 11.9. The number of amides is 3. The van der Waals surface area contributed by atoms with Crippen LogP contribution in [0.2, 0.25) is 0 Å². The number of nitrogens with one attached hydrogen (secondary N) is 1. The second-order valence-electron chi connectivity index (χ2n) is 5.79. The van der Waals surface area contributed by atoms with Gasteiger partial charge in [-0.2, -0.15) is 0 Å². The van der Waals surface area contributed by atoms with Crippen LogP contribution in [0.25, 0.3) is 0 Å². The highest BCUT2D eigenvalue weighted by atomic mass is 16.6. The maximum Gasteiger partial charge on any atom is 0.411 e. The zero-order chi connectivity index (χ0) is 16.0. The number of hydrogen-bond acceptors (Lipinski definition) is 4. The highest BCUT2D eigenvalue weighted by Gasteiger charge is 2.30. The molecule has 0 atom stereocenters. The van der Waals surface area contributed by atoms with Crippen LogP contribution >= 0.6 is 0 Å². The molecule has 0 aromatic heterocycles. The summed E-state index contributed by atoms with van der Waals surface area (Å²) in [6.45, 7) is 10.1. The Labute approximate surface area is 124 Å². The van der Waals surface area contributed by atoms with Crippen molar-refractivity contribution in [1.82, 2.24) is 15.1 Å². The summed E-state index contributed by atoms with van der Waals surface area (Å²) >= 11 is 0. The summed E-state index contributed by atoms with van der Waals surface area (Å²) in [6.07, 6.45) is 0.935. The molecule has 118 valence electrons. The van der Waals surface area contributed by atoms with E-state index in [1.165, 1.54) is 4.90 Å². The van der Waals surface area contributed by atoms with Gasteiger partial charge in [-0.3, -0.25) is 14.5 Å². The first kappa shape index (κ1) is 17.0. The fraction of sp³-hybridized carbons (Fsp3) is 0.643. The zero-order valence-corrected chi connectivity index (χ0v) is 12.8. The van der Waals surface area contributed by atoms with Crippen molar-refractivity contribution in [3.05, 3.63) is 12.7 Å². The third-order valence-electron chi connectivity index (χ3n) is 2.81. The summed E-state index contributed by atoms with van der Waals surface area (Å²) in [5.41, 5.74) is -0.552. The Balaban J connectivity index is 2.36. The Bertz CT molecular complexity index is 428. The molecular weight excluding hydrogens is 274 g/mol. The zero-order valence-electron chi connectivity index (χ0n) is 12.8. The van der Waals surface area contributed by atoms with Crippen LogP contribution in [-0.2, 0) is 14.3 Å². The van der Waals surface area contributed by atoms with Crippen molar-refractivity contribution >= 4 is 17.9 Å². The van der Waals surface area contributed by atoms with E-state index in [0.29, 0.717) is 13.1 Å². The maximum atomic E-state index is 11.9. The summed E-state index contributed by atoms with van der Waals surface area (Å²) < 4.78 is 5.26. The fourth-order valence-electron chi connectivity index (χ4n) is 1.79. The molecule has 1 fully saturated rings. The van der Waals surface area contributed by atoms with E-state index in [-0.39, 0.29) is 31.4 Å². The molecule has 0 radical (unpaired) electrons. The summed E-state index contributed by atoms with van der Waals surface area (Å²) in [5.74, 6) is -0.412. The van der Waals surface area contributed by atoms with Crippen LogP contribution in [0.1, 0.15) is 27.2 Å². The Morgan fingerprint density at radius 3 is 2.43 bits per heavy atom. The number of carbonyl (C=O) groups is 3. The molecule has 1 aliphatic rings. The van der Waals surface area contributed by atoms with Crippen molar-refractivity contribution in [2.24, 2.45) is 0 Å². The lowest BCUT2D eigenvalue weighted by Crippen LogP contribution is -2.38. The first-order chi connectivity index (χ1) is 9.73. The monoisotopic (exact) mass is 297 g/mol. The second-order valence-corrected chi connectivity index (χ2v) is 5.79. The highest BCUT2D eigenvalue weighted by Crippen LogP contribution is 2.13. The van der Waals surface area contributed by atoms with Gasteiger partial charge in [0.1, 0.15) is 5.60 Å². The van der Waals surface area contributed by atoms with E-state index in [1.807, 2.05) is 0 Å². The lowest BCUT2D eigenvalue weighted by Gasteiger charge is -2.24. The Morgan fingerprint density at radius 1 is 1.24 bits per heavy atom. The Hall–Kier alpha value is -2.05. The molecule has 0 unspecified atom stereocenters. The number of nitrogens with zero attached hydrogens (tertiary/aromatic N) is 2. The SMILES string of the molecule is C=CC(=O)NCCC(=O)N1CCN(C(=O)OC(C)(C)C)C1. The van der Waals surface area contributed by atoms with Crippen LogP contribution in [-0.4, -0.2) is 59.6 Å². The third kappa shape index (κ3) is 5.85. The van der Waals surface area contributed by atoms with Crippen LogP contribution in [0.4, 0.5) is 4.79 Å². The molecule has 0 aliphatic carbocycles. The smallest absolute Gasteiger partial charge is 0.411 e.